The number of aromatic amines is 1. The largest absolute Gasteiger partial charge is 0.449 e. The third kappa shape index (κ3) is 3.51. The Labute approximate surface area is 137 Å². The third-order valence-electron chi connectivity index (χ3n) is 4.25. The number of benzene rings is 1. The molecule has 0 unspecified atom stereocenters. The number of aromatic nitrogens is 2. The maximum Gasteiger partial charge on any atom is 0.449 e. The molecule has 4 nitrogen and oxygen atoms in total. The molecule has 1 N–H and O–H groups in total. The van der Waals surface area contributed by atoms with Gasteiger partial charge in [0.25, 0.3) is 5.56 Å². The van der Waals surface area contributed by atoms with Crippen molar-refractivity contribution >= 4 is 0 Å². The average molecular weight is 337 g/mol. The van der Waals surface area contributed by atoms with Crippen LogP contribution in [0.2, 0.25) is 0 Å². The number of nitrogens with zero attached hydrogens (tertiary/aromatic N) is 2. The van der Waals surface area contributed by atoms with Crippen LogP contribution in [0.3, 0.4) is 0 Å². The van der Waals surface area contributed by atoms with Crippen LogP contribution < -0.4 is 5.56 Å². The maximum atomic E-state index is 12.7. The van der Waals surface area contributed by atoms with Gasteiger partial charge in [-0.05, 0) is 17.5 Å². The molecule has 1 aliphatic rings. The molecule has 1 aromatic carbocycles. The van der Waals surface area contributed by atoms with Gasteiger partial charge < -0.3 is 4.98 Å². The van der Waals surface area contributed by atoms with Crippen LogP contribution in [0.15, 0.2) is 29.1 Å². The lowest BCUT2D eigenvalue weighted by Crippen LogP contribution is -2.36. The molecule has 128 valence electrons. The highest BCUT2D eigenvalue weighted by Crippen LogP contribution is 2.26. The Hall–Kier alpha value is -2.15. The zero-order chi connectivity index (χ0) is 17.3. The molecule has 2 aromatic rings. The van der Waals surface area contributed by atoms with Crippen LogP contribution in [0.1, 0.15) is 35.1 Å². The fourth-order valence-electron chi connectivity index (χ4n) is 2.89. The van der Waals surface area contributed by atoms with E-state index < -0.39 is 17.6 Å². The summed E-state index contributed by atoms with van der Waals surface area (Å²) in [6.07, 6.45) is -3.32. The normalized spacial score (nSPS) is 15.3. The summed E-state index contributed by atoms with van der Waals surface area (Å²) in [6, 6.07) is 8.22. The average Bonchev–Trinajstić information content (AvgIpc) is 2.55. The molecule has 0 aliphatic carbocycles. The molecule has 0 spiro atoms. The number of rotatable bonds is 3. The van der Waals surface area contributed by atoms with E-state index in [-0.39, 0.29) is 5.69 Å². The van der Waals surface area contributed by atoms with E-state index in [1.54, 1.807) is 0 Å². The van der Waals surface area contributed by atoms with Crippen LogP contribution in [0, 0.1) is 0 Å². The fraction of sp³-hybridized carbons (Fsp3) is 0.412. The number of hydrogen-bond acceptors (Lipinski definition) is 3. The van der Waals surface area contributed by atoms with Gasteiger partial charge in [-0.2, -0.15) is 13.2 Å². The van der Waals surface area contributed by atoms with Gasteiger partial charge in [-0.3, -0.25) is 9.69 Å². The van der Waals surface area contributed by atoms with Gasteiger partial charge in [0, 0.05) is 26.1 Å². The summed E-state index contributed by atoms with van der Waals surface area (Å²) in [5.74, 6) is -1.21. The number of aryl methyl sites for hydroxylation is 1. The number of alkyl halides is 3. The fourth-order valence-corrected chi connectivity index (χ4v) is 2.89. The van der Waals surface area contributed by atoms with Gasteiger partial charge in [-0.25, -0.2) is 4.98 Å². The molecule has 0 bridgehead atoms. The Kier molecular flexibility index (Phi) is 4.45. The topological polar surface area (TPSA) is 49.0 Å². The summed E-state index contributed by atoms with van der Waals surface area (Å²) in [6.45, 7) is 3.64. The van der Waals surface area contributed by atoms with E-state index in [0.717, 1.165) is 12.0 Å². The van der Waals surface area contributed by atoms with Gasteiger partial charge in [0.1, 0.15) is 0 Å². The molecule has 1 aromatic heterocycles. The number of halogens is 3. The molecule has 0 amide bonds. The van der Waals surface area contributed by atoms with Crippen molar-refractivity contribution in [1.82, 2.24) is 14.9 Å². The van der Waals surface area contributed by atoms with Crippen molar-refractivity contribution in [2.75, 3.05) is 6.54 Å². The Morgan fingerprint density at radius 2 is 1.88 bits per heavy atom. The van der Waals surface area contributed by atoms with Gasteiger partial charge in [-0.15, -0.1) is 0 Å². The summed E-state index contributed by atoms with van der Waals surface area (Å²) in [5, 5.41) is 0. The lowest BCUT2D eigenvalue weighted by molar-refractivity contribution is -0.145. The summed E-state index contributed by atoms with van der Waals surface area (Å²) < 4.78 is 38.2. The summed E-state index contributed by atoms with van der Waals surface area (Å²) >= 11 is 0. The zero-order valence-corrected chi connectivity index (χ0v) is 13.3. The SMILES string of the molecule is CCc1ccc(CN2CCc3nc(C(F)(F)F)[nH]c(=O)c3C2)cc1. The highest BCUT2D eigenvalue weighted by molar-refractivity contribution is 5.24. The van der Waals surface area contributed by atoms with Crippen molar-refractivity contribution in [3.05, 3.63) is 62.8 Å². The van der Waals surface area contributed by atoms with Crippen molar-refractivity contribution in [3.63, 3.8) is 0 Å². The Morgan fingerprint density at radius 3 is 2.50 bits per heavy atom. The van der Waals surface area contributed by atoms with Gasteiger partial charge in [0.2, 0.25) is 5.82 Å². The second-order valence-electron chi connectivity index (χ2n) is 5.97. The summed E-state index contributed by atoms with van der Waals surface area (Å²) in [5.41, 5.74) is 2.26. The van der Waals surface area contributed by atoms with Crippen LogP contribution in [-0.2, 0) is 32.1 Å². The first-order valence-electron chi connectivity index (χ1n) is 7.86. The molecule has 3 rings (SSSR count). The first kappa shape index (κ1) is 16.7. The molecule has 0 radical (unpaired) electrons. The van der Waals surface area contributed by atoms with Crippen molar-refractivity contribution in [2.24, 2.45) is 0 Å². The molecule has 2 heterocycles. The van der Waals surface area contributed by atoms with Gasteiger partial charge in [-0.1, -0.05) is 31.2 Å². The third-order valence-corrected chi connectivity index (χ3v) is 4.25. The second-order valence-corrected chi connectivity index (χ2v) is 5.97. The minimum Gasteiger partial charge on any atom is -0.303 e. The second kappa shape index (κ2) is 6.39. The van der Waals surface area contributed by atoms with Crippen molar-refractivity contribution in [2.45, 2.75) is 39.0 Å². The van der Waals surface area contributed by atoms with Crippen LogP contribution in [0.5, 0.6) is 0 Å². The van der Waals surface area contributed by atoms with E-state index in [1.807, 2.05) is 22.0 Å². The van der Waals surface area contributed by atoms with Crippen molar-refractivity contribution in [3.8, 4) is 0 Å². The van der Waals surface area contributed by atoms with Gasteiger partial charge in [0.15, 0.2) is 0 Å². The Balaban J connectivity index is 1.78. The van der Waals surface area contributed by atoms with E-state index in [9.17, 15) is 18.0 Å². The summed E-state index contributed by atoms with van der Waals surface area (Å²) in [7, 11) is 0. The Morgan fingerprint density at radius 1 is 1.21 bits per heavy atom. The van der Waals surface area contributed by atoms with E-state index >= 15 is 0 Å². The van der Waals surface area contributed by atoms with E-state index in [1.165, 1.54) is 5.56 Å². The van der Waals surface area contributed by atoms with Crippen LogP contribution in [-0.4, -0.2) is 21.4 Å². The Bertz CT molecular complexity index is 781. The van der Waals surface area contributed by atoms with Gasteiger partial charge >= 0.3 is 6.18 Å². The molecular weight excluding hydrogens is 319 g/mol. The summed E-state index contributed by atoms with van der Waals surface area (Å²) in [4.78, 5) is 19.5. The predicted molar refractivity (Wildman–Crippen MR) is 83.5 cm³/mol. The highest BCUT2D eigenvalue weighted by atomic mass is 19.4. The predicted octanol–water partition coefficient (Wildman–Crippen LogP) is 2.91. The number of nitrogens with one attached hydrogen (secondary N) is 1. The van der Waals surface area contributed by atoms with E-state index in [2.05, 4.69) is 24.0 Å². The smallest absolute Gasteiger partial charge is 0.303 e. The maximum absolute atomic E-state index is 12.7. The number of H-pyrrole nitrogens is 1. The first-order valence-corrected chi connectivity index (χ1v) is 7.86. The molecular formula is C17H18F3N3O. The van der Waals surface area contributed by atoms with Gasteiger partial charge in [0.05, 0.1) is 11.3 Å². The molecule has 0 atom stereocenters. The highest BCUT2D eigenvalue weighted by Gasteiger charge is 2.35. The molecule has 7 heteroatoms. The van der Waals surface area contributed by atoms with Crippen LogP contribution in [0.25, 0.3) is 0 Å². The van der Waals surface area contributed by atoms with E-state index in [4.69, 9.17) is 0 Å². The number of hydrogen-bond donors (Lipinski definition) is 1. The van der Waals surface area contributed by atoms with Crippen LogP contribution >= 0.6 is 0 Å². The van der Waals surface area contributed by atoms with Crippen molar-refractivity contribution < 1.29 is 13.2 Å². The molecule has 1 aliphatic heterocycles. The first-order chi connectivity index (χ1) is 11.4. The molecule has 0 fully saturated rings. The lowest BCUT2D eigenvalue weighted by Gasteiger charge is -2.27. The molecule has 24 heavy (non-hydrogen) atoms. The van der Waals surface area contributed by atoms with Crippen molar-refractivity contribution in [1.29, 1.82) is 0 Å². The minimum atomic E-state index is -4.63. The lowest BCUT2D eigenvalue weighted by atomic mass is 10.0. The standard InChI is InChI=1S/C17H18F3N3O/c1-2-11-3-5-12(6-4-11)9-23-8-7-14-13(10-23)15(24)22-16(21-14)17(18,19)20/h3-6H,2,7-10H2,1H3,(H,21,22,24). The molecule has 0 saturated carbocycles. The molecule has 0 saturated heterocycles. The minimum absolute atomic E-state index is 0.253. The quantitative estimate of drug-likeness (QED) is 0.937. The zero-order valence-electron chi connectivity index (χ0n) is 13.3. The van der Waals surface area contributed by atoms with E-state index in [0.29, 0.717) is 31.6 Å². The number of fused-ring (bicyclic) bond motifs is 1. The monoisotopic (exact) mass is 337 g/mol. The van der Waals surface area contributed by atoms with Crippen LogP contribution in [0.4, 0.5) is 13.2 Å².